The Morgan fingerprint density at radius 2 is 1.89 bits per heavy atom. The Morgan fingerprint density at radius 3 is 2.53 bits per heavy atom. The summed E-state index contributed by atoms with van der Waals surface area (Å²) in [5.41, 5.74) is 8.29. The van der Waals surface area contributed by atoms with Crippen LogP contribution in [0.4, 0.5) is 24.7 Å². The van der Waals surface area contributed by atoms with Gasteiger partial charge in [-0.25, -0.2) is 9.67 Å². The Balaban J connectivity index is 1.46. The summed E-state index contributed by atoms with van der Waals surface area (Å²) in [6.45, 7) is 6.62. The fraction of sp³-hybridized carbons (Fsp3) is 0.360. The van der Waals surface area contributed by atoms with Crippen LogP contribution >= 0.6 is 11.6 Å². The molecule has 0 bridgehead atoms. The van der Waals surface area contributed by atoms with E-state index in [0.29, 0.717) is 46.6 Å². The van der Waals surface area contributed by atoms with Crippen LogP contribution in [-0.2, 0) is 30.6 Å². The van der Waals surface area contributed by atoms with E-state index in [2.05, 4.69) is 15.2 Å². The largest absolute Gasteiger partial charge is 0.434 e. The molecule has 0 saturated heterocycles. The van der Waals surface area contributed by atoms with Crippen molar-refractivity contribution in [3.8, 4) is 22.8 Å². The molecule has 200 valence electrons. The quantitative estimate of drug-likeness (QED) is 0.349. The molecule has 0 aliphatic carbocycles. The highest BCUT2D eigenvalue weighted by Crippen LogP contribution is 2.40. The number of carbonyl (C=O) groups excluding carboxylic acids is 1. The smallest absolute Gasteiger partial charge is 0.394 e. The summed E-state index contributed by atoms with van der Waals surface area (Å²) in [7, 11) is 0. The maximum Gasteiger partial charge on any atom is 0.434 e. The van der Waals surface area contributed by atoms with Crippen molar-refractivity contribution in [1.29, 1.82) is 0 Å². The summed E-state index contributed by atoms with van der Waals surface area (Å²) in [6.07, 6.45) is -1.73. The summed E-state index contributed by atoms with van der Waals surface area (Å²) in [5, 5.41) is 9.41. The van der Waals surface area contributed by atoms with Crippen LogP contribution in [-0.4, -0.2) is 35.0 Å². The number of hydrogen-bond acceptors (Lipinski definition) is 5. The standard InChI is InChI=1S/C25H26ClF3N8O/c1-4-34-13-18(25(27,28)29)32-23(34)16-7-5-15(6-8-16)12-35-19(38)9-10-36-24(35)20(30)21(33-36)22-17(26)11-31-37(22)14(2)3/h5-8,11,13-14H,4,9-10,12,30H2,1-3H3. The van der Waals surface area contributed by atoms with Crippen LogP contribution in [0.15, 0.2) is 36.7 Å². The lowest BCUT2D eigenvalue weighted by Gasteiger charge is -2.28. The van der Waals surface area contributed by atoms with Crippen molar-refractivity contribution in [2.45, 2.75) is 59.0 Å². The monoisotopic (exact) mass is 546 g/mol. The number of nitrogen functional groups attached to an aromatic ring is 1. The van der Waals surface area contributed by atoms with Gasteiger partial charge in [-0.1, -0.05) is 35.9 Å². The maximum atomic E-state index is 13.2. The molecule has 1 amide bonds. The van der Waals surface area contributed by atoms with Crippen molar-refractivity contribution in [3.05, 3.63) is 52.9 Å². The molecule has 0 fully saturated rings. The number of rotatable bonds is 6. The number of hydrogen-bond donors (Lipinski definition) is 1. The van der Waals surface area contributed by atoms with Crippen LogP contribution in [0, 0.1) is 0 Å². The third kappa shape index (κ3) is 4.42. The van der Waals surface area contributed by atoms with Crippen LogP contribution in [0.5, 0.6) is 0 Å². The van der Waals surface area contributed by atoms with Gasteiger partial charge in [0.1, 0.15) is 22.9 Å². The summed E-state index contributed by atoms with van der Waals surface area (Å²) in [6, 6.07) is 6.95. The van der Waals surface area contributed by atoms with Crippen LogP contribution in [0.1, 0.15) is 44.5 Å². The zero-order chi connectivity index (χ0) is 27.4. The molecule has 4 aromatic rings. The number of aromatic nitrogens is 6. The number of imidazole rings is 1. The molecule has 1 aromatic carbocycles. The number of halogens is 4. The van der Waals surface area contributed by atoms with Crippen LogP contribution in [0.3, 0.4) is 0 Å². The fourth-order valence-corrected chi connectivity index (χ4v) is 4.84. The van der Waals surface area contributed by atoms with Gasteiger partial charge in [0.2, 0.25) is 5.91 Å². The molecule has 5 rings (SSSR count). The zero-order valence-electron chi connectivity index (χ0n) is 21.0. The third-order valence-corrected chi connectivity index (χ3v) is 6.76. The van der Waals surface area contributed by atoms with E-state index in [9.17, 15) is 18.0 Å². The maximum absolute atomic E-state index is 13.2. The highest BCUT2D eigenvalue weighted by molar-refractivity contribution is 6.33. The molecule has 1 aliphatic rings. The lowest BCUT2D eigenvalue weighted by Crippen LogP contribution is -2.37. The first kappa shape index (κ1) is 25.8. The van der Waals surface area contributed by atoms with Gasteiger partial charge in [-0.05, 0) is 26.3 Å². The Bertz CT molecular complexity index is 1500. The highest BCUT2D eigenvalue weighted by atomic mass is 35.5. The molecule has 0 radical (unpaired) electrons. The van der Waals surface area contributed by atoms with Crippen molar-refractivity contribution in [2.75, 3.05) is 10.6 Å². The molecule has 0 atom stereocenters. The minimum absolute atomic E-state index is 0.0161. The Labute approximate surface area is 221 Å². The highest BCUT2D eigenvalue weighted by Gasteiger charge is 2.35. The summed E-state index contributed by atoms with van der Waals surface area (Å²) in [4.78, 5) is 18.4. The van der Waals surface area contributed by atoms with Crippen LogP contribution in [0.2, 0.25) is 5.02 Å². The molecule has 2 N–H and O–H groups in total. The molecule has 0 unspecified atom stereocenters. The van der Waals surface area contributed by atoms with Crippen molar-refractivity contribution in [1.82, 2.24) is 29.1 Å². The van der Waals surface area contributed by atoms with Crippen molar-refractivity contribution >= 4 is 29.0 Å². The predicted molar refractivity (Wildman–Crippen MR) is 137 cm³/mol. The lowest BCUT2D eigenvalue weighted by atomic mass is 10.1. The molecular weight excluding hydrogens is 521 g/mol. The summed E-state index contributed by atoms with van der Waals surface area (Å²) < 4.78 is 44.4. The minimum atomic E-state index is -4.53. The average Bonchev–Trinajstić information content (AvgIpc) is 3.56. The van der Waals surface area contributed by atoms with Crippen molar-refractivity contribution in [2.24, 2.45) is 0 Å². The number of aryl methyl sites for hydroxylation is 2. The van der Waals surface area contributed by atoms with E-state index in [-0.39, 0.29) is 30.7 Å². The number of nitrogens with zero attached hydrogens (tertiary/aromatic N) is 7. The number of anilines is 2. The number of alkyl halides is 3. The van der Waals surface area contributed by atoms with Gasteiger partial charge in [0.15, 0.2) is 11.5 Å². The fourth-order valence-electron chi connectivity index (χ4n) is 4.62. The van der Waals surface area contributed by atoms with E-state index in [1.807, 2.05) is 13.8 Å². The van der Waals surface area contributed by atoms with E-state index in [4.69, 9.17) is 17.3 Å². The Kier molecular flexibility index (Phi) is 6.46. The number of nitrogens with two attached hydrogens (primary N) is 1. The first-order chi connectivity index (χ1) is 18.0. The molecule has 13 heteroatoms. The molecular formula is C25H26ClF3N8O. The second-order valence-electron chi connectivity index (χ2n) is 9.35. The van der Waals surface area contributed by atoms with Gasteiger partial charge in [-0.3, -0.25) is 14.4 Å². The van der Waals surface area contributed by atoms with E-state index >= 15 is 0 Å². The molecule has 0 spiro atoms. The Hall–Kier alpha value is -3.80. The Morgan fingerprint density at radius 1 is 1.18 bits per heavy atom. The first-order valence-electron chi connectivity index (χ1n) is 12.1. The summed E-state index contributed by atoms with van der Waals surface area (Å²) in [5.74, 6) is 0.592. The molecule has 1 aliphatic heterocycles. The van der Waals surface area contributed by atoms with Gasteiger partial charge in [0.05, 0.1) is 24.3 Å². The van der Waals surface area contributed by atoms with Gasteiger partial charge < -0.3 is 10.3 Å². The van der Waals surface area contributed by atoms with Crippen molar-refractivity contribution in [3.63, 3.8) is 0 Å². The van der Waals surface area contributed by atoms with Crippen molar-refractivity contribution < 1.29 is 18.0 Å². The normalized spacial score (nSPS) is 14.0. The van der Waals surface area contributed by atoms with Crippen LogP contribution in [0.25, 0.3) is 22.8 Å². The molecule has 9 nitrogen and oxygen atoms in total. The van der Waals surface area contributed by atoms with E-state index < -0.39 is 11.9 Å². The van der Waals surface area contributed by atoms with E-state index in [0.717, 1.165) is 11.8 Å². The molecule has 4 heterocycles. The number of benzene rings is 1. The van der Waals surface area contributed by atoms with Gasteiger partial charge in [0, 0.05) is 30.8 Å². The molecule has 0 saturated carbocycles. The number of carbonyl (C=O) groups is 1. The topological polar surface area (TPSA) is 99.8 Å². The zero-order valence-corrected chi connectivity index (χ0v) is 21.8. The third-order valence-electron chi connectivity index (χ3n) is 6.48. The molecule has 38 heavy (non-hydrogen) atoms. The van der Waals surface area contributed by atoms with E-state index in [1.54, 1.807) is 51.6 Å². The second-order valence-corrected chi connectivity index (χ2v) is 9.76. The van der Waals surface area contributed by atoms with E-state index in [1.165, 1.54) is 4.57 Å². The van der Waals surface area contributed by atoms with Crippen LogP contribution < -0.4 is 10.6 Å². The predicted octanol–water partition coefficient (Wildman–Crippen LogP) is 5.40. The van der Waals surface area contributed by atoms with Gasteiger partial charge >= 0.3 is 6.18 Å². The number of fused-ring (bicyclic) bond motifs is 1. The minimum Gasteiger partial charge on any atom is -0.394 e. The average molecular weight is 547 g/mol. The molecule has 3 aromatic heterocycles. The first-order valence-corrected chi connectivity index (χ1v) is 12.5. The van der Waals surface area contributed by atoms with Gasteiger partial charge in [-0.15, -0.1) is 0 Å². The summed E-state index contributed by atoms with van der Waals surface area (Å²) >= 11 is 6.43. The number of amides is 1. The SMILES string of the molecule is CCn1cc(C(F)(F)F)nc1-c1ccc(CN2C(=O)CCn3nc(-c4c(Cl)cnn4C(C)C)c(N)c32)cc1. The lowest BCUT2D eigenvalue weighted by molar-refractivity contribution is -0.140. The second kappa shape index (κ2) is 9.50. The van der Waals surface area contributed by atoms with Gasteiger partial charge in [0.25, 0.3) is 0 Å². The van der Waals surface area contributed by atoms with Gasteiger partial charge in [-0.2, -0.15) is 23.4 Å².